The third-order valence-corrected chi connectivity index (χ3v) is 4.63. The van der Waals surface area contributed by atoms with E-state index < -0.39 is 0 Å². The minimum absolute atomic E-state index is 0.506. The molecule has 0 saturated carbocycles. The number of hydrogen-bond donors (Lipinski definition) is 4. The molecular weight excluding hydrogens is 334 g/mol. The fourth-order valence-electron chi connectivity index (χ4n) is 2.44. The average molecular weight is 357 g/mol. The molecule has 2 aromatic heterocycles. The molecule has 25 heavy (non-hydrogen) atoms. The molecule has 0 bridgehead atoms. The van der Waals surface area contributed by atoms with Gasteiger partial charge in [-0.25, -0.2) is 9.97 Å². The molecule has 0 fully saturated rings. The lowest BCUT2D eigenvalue weighted by molar-refractivity contribution is 0.806. The number of H-pyrrole nitrogens is 2. The van der Waals surface area contributed by atoms with Crippen LogP contribution in [0.25, 0.3) is 11.0 Å². The number of fused-ring (bicyclic) bond motifs is 1. The summed E-state index contributed by atoms with van der Waals surface area (Å²) in [5, 5.41) is 3.14. The summed E-state index contributed by atoms with van der Waals surface area (Å²) in [4.78, 5) is 19.3. The number of imidazole rings is 2. The van der Waals surface area contributed by atoms with Gasteiger partial charge in [0.2, 0.25) is 0 Å². The van der Waals surface area contributed by atoms with Crippen LogP contribution in [0.3, 0.4) is 0 Å². The monoisotopic (exact) mass is 357 g/mol. The molecule has 0 saturated heterocycles. The van der Waals surface area contributed by atoms with Gasteiger partial charge in [0.25, 0.3) is 0 Å². The third kappa shape index (κ3) is 5.53. The van der Waals surface area contributed by atoms with Crippen molar-refractivity contribution in [3.05, 3.63) is 48.3 Å². The number of nitrogens with two attached hydrogens (primary N) is 1. The lowest BCUT2D eigenvalue weighted by Crippen LogP contribution is -2.33. The molecule has 2 heterocycles. The van der Waals surface area contributed by atoms with Gasteiger partial charge in [-0.2, -0.15) is 11.8 Å². The number of aryl methyl sites for hydroxylation is 1. The van der Waals surface area contributed by atoms with Crippen molar-refractivity contribution in [1.29, 1.82) is 0 Å². The number of thioether (sulfide) groups is 1. The molecular formula is C17H23N7S. The molecule has 3 aromatic rings. The minimum Gasteiger partial charge on any atom is -0.370 e. The summed E-state index contributed by atoms with van der Waals surface area (Å²) in [6, 6.07) is 8.07. The maximum absolute atomic E-state index is 5.87. The SMILES string of the molecule is NC(=NCCCc1c[nH]cn1)NCCSCc1nc2ccccc2[nH]1. The maximum Gasteiger partial charge on any atom is 0.188 e. The van der Waals surface area contributed by atoms with Crippen molar-refractivity contribution in [3.8, 4) is 0 Å². The molecule has 0 radical (unpaired) electrons. The first-order valence-electron chi connectivity index (χ1n) is 8.34. The minimum atomic E-state index is 0.506. The van der Waals surface area contributed by atoms with Crippen LogP contribution in [0.2, 0.25) is 0 Å². The number of aromatic amines is 2. The Kier molecular flexibility index (Phi) is 6.33. The summed E-state index contributed by atoms with van der Waals surface area (Å²) in [5.74, 6) is 3.31. The second-order valence-corrected chi connectivity index (χ2v) is 6.72. The van der Waals surface area contributed by atoms with Gasteiger partial charge in [-0.1, -0.05) is 12.1 Å². The fourth-order valence-corrected chi connectivity index (χ4v) is 3.16. The van der Waals surface area contributed by atoms with Gasteiger partial charge in [-0.15, -0.1) is 0 Å². The lowest BCUT2D eigenvalue weighted by Gasteiger charge is -2.05. The normalized spacial score (nSPS) is 11.9. The molecule has 0 aliphatic heterocycles. The predicted molar refractivity (Wildman–Crippen MR) is 104 cm³/mol. The lowest BCUT2D eigenvalue weighted by atomic mass is 10.2. The number of nitrogens with one attached hydrogen (secondary N) is 3. The van der Waals surface area contributed by atoms with Crippen LogP contribution in [-0.4, -0.2) is 44.7 Å². The van der Waals surface area contributed by atoms with E-state index in [1.807, 2.05) is 42.2 Å². The van der Waals surface area contributed by atoms with Crippen LogP contribution in [0.15, 0.2) is 41.8 Å². The van der Waals surface area contributed by atoms with Crippen LogP contribution in [0.1, 0.15) is 17.9 Å². The van der Waals surface area contributed by atoms with Crippen molar-refractivity contribution in [3.63, 3.8) is 0 Å². The Bertz CT molecular complexity index is 761. The standard InChI is InChI=1S/C17H23N7S/c18-17(20-7-3-4-13-10-19-12-22-13)21-8-9-25-11-16-23-14-5-1-2-6-15(14)24-16/h1-2,5-6,10,12H,3-4,7-9,11H2,(H,19,22)(H,23,24)(H3,18,20,21). The maximum atomic E-state index is 5.87. The molecule has 0 aliphatic rings. The zero-order valence-electron chi connectivity index (χ0n) is 14.0. The molecule has 132 valence electrons. The molecule has 8 heteroatoms. The van der Waals surface area contributed by atoms with E-state index in [1.165, 1.54) is 0 Å². The van der Waals surface area contributed by atoms with Gasteiger partial charge in [0.15, 0.2) is 5.96 Å². The fraction of sp³-hybridized carbons (Fsp3) is 0.353. The molecule has 0 atom stereocenters. The summed E-state index contributed by atoms with van der Waals surface area (Å²) in [6.07, 6.45) is 5.45. The highest BCUT2D eigenvalue weighted by Crippen LogP contribution is 2.14. The second-order valence-electron chi connectivity index (χ2n) is 5.61. The highest BCUT2D eigenvalue weighted by atomic mass is 32.2. The van der Waals surface area contributed by atoms with E-state index in [-0.39, 0.29) is 0 Å². The van der Waals surface area contributed by atoms with E-state index in [2.05, 4.69) is 30.2 Å². The van der Waals surface area contributed by atoms with Crippen LogP contribution in [0.5, 0.6) is 0 Å². The zero-order chi connectivity index (χ0) is 17.3. The molecule has 0 aliphatic carbocycles. The van der Waals surface area contributed by atoms with Crippen LogP contribution >= 0.6 is 11.8 Å². The highest BCUT2D eigenvalue weighted by molar-refractivity contribution is 7.98. The Morgan fingerprint density at radius 3 is 3.08 bits per heavy atom. The van der Waals surface area contributed by atoms with Gasteiger partial charge in [0.05, 0.1) is 28.8 Å². The van der Waals surface area contributed by atoms with Crippen LogP contribution in [0, 0.1) is 0 Å². The van der Waals surface area contributed by atoms with Crippen molar-refractivity contribution in [2.24, 2.45) is 10.7 Å². The average Bonchev–Trinajstić information content (AvgIpc) is 3.27. The van der Waals surface area contributed by atoms with E-state index in [1.54, 1.807) is 6.33 Å². The van der Waals surface area contributed by atoms with Crippen molar-refractivity contribution in [1.82, 2.24) is 25.3 Å². The first-order valence-corrected chi connectivity index (χ1v) is 9.49. The van der Waals surface area contributed by atoms with E-state index in [0.717, 1.165) is 53.4 Å². The van der Waals surface area contributed by atoms with Gasteiger partial charge < -0.3 is 21.0 Å². The van der Waals surface area contributed by atoms with Crippen LogP contribution in [0.4, 0.5) is 0 Å². The first kappa shape index (κ1) is 17.3. The Balaban J connectivity index is 1.28. The largest absolute Gasteiger partial charge is 0.370 e. The second kappa shape index (κ2) is 9.12. The number of nitrogens with zero attached hydrogens (tertiary/aromatic N) is 3. The molecule has 0 unspecified atom stereocenters. The molecule has 3 rings (SSSR count). The summed E-state index contributed by atoms with van der Waals surface area (Å²) in [6.45, 7) is 1.50. The smallest absolute Gasteiger partial charge is 0.188 e. The predicted octanol–water partition coefficient (Wildman–Crippen LogP) is 2.06. The number of hydrogen-bond acceptors (Lipinski definition) is 4. The highest BCUT2D eigenvalue weighted by Gasteiger charge is 2.02. The number of benzene rings is 1. The van der Waals surface area contributed by atoms with Gasteiger partial charge in [-0.05, 0) is 25.0 Å². The van der Waals surface area contributed by atoms with Crippen molar-refractivity contribution < 1.29 is 0 Å². The number of aromatic nitrogens is 4. The number of guanidine groups is 1. The Labute approximate surface area is 150 Å². The van der Waals surface area contributed by atoms with E-state index in [9.17, 15) is 0 Å². The molecule has 5 N–H and O–H groups in total. The van der Waals surface area contributed by atoms with Crippen molar-refractivity contribution >= 4 is 28.8 Å². The summed E-state index contributed by atoms with van der Waals surface area (Å²) in [5.41, 5.74) is 9.03. The molecule has 1 aromatic carbocycles. The summed E-state index contributed by atoms with van der Waals surface area (Å²) >= 11 is 1.81. The molecule has 0 amide bonds. The van der Waals surface area contributed by atoms with E-state index in [0.29, 0.717) is 12.5 Å². The van der Waals surface area contributed by atoms with Gasteiger partial charge >= 0.3 is 0 Å². The number of rotatable bonds is 9. The van der Waals surface area contributed by atoms with Crippen LogP contribution < -0.4 is 11.1 Å². The van der Waals surface area contributed by atoms with Gasteiger partial charge in [0, 0.05) is 25.0 Å². The number of para-hydroxylation sites is 2. The van der Waals surface area contributed by atoms with E-state index in [4.69, 9.17) is 5.73 Å². The number of aliphatic imine (C=N–C) groups is 1. The third-order valence-electron chi connectivity index (χ3n) is 3.66. The Morgan fingerprint density at radius 2 is 2.24 bits per heavy atom. The van der Waals surface area contributed by atoms with Gasteiger partial charge in [-0.3, -0.25) is 4.99 Å². The zero-order valence-corrected chi connectivity index (χ0v) is 14.9. The Morgan fingerprint density at radius 1 is 1.32 bits per heavy atom. The topological polar surface area (TPSA) is 108 Å². The quantitative estimate of drug-likeness (QED) is 0.266. The van der Waals surface area contributed by atoms with Gasteiger partial charge in [0.1, 0.15) is 5.82 Å². The van der Waals surface area contributed by atoms with Crippen molar-refractivity contribution in [2.75, 3.05) is 18.8 Å². The first-order chi connectivity index (χ1) is 12.3. The summed E-state index contributed by atoms with van der Waals surface area (Å²) in [7, 11) is 0. The van der Waals surface area contributed by atoms with Crippen LogP contribution in [-0.2, 0) is 12.2 Å². The summed E-state index contributed by atoms with van der Waals surface area (Å²) < 4.78 is 0. The van der Waals surface area contributed by atoms with E-state index >= 15 is 0 Å². The van der Waals surface area contributed by atoms with Crippen molar-refractivity contribution in [2.45, 2.75) is 18.6 Å². The Hall–Kier alpha value is -2.48. The molecule has 7 nitrogen and oxygen atoms in total. The molecule has 0 spiro atoms.